The van der Waals surface area contributed by atoms with Gasteiger partial charge < -0.3 is 15.7 Å². The molecule has 0 aliphatic rings. The monoisotopic (exact) mass is 564 g/mol. The molecule has 9 nitrogen and oxygen atoms in total. The molecule has 0 aliphatic carbocycles. The highest BCUT2D eigenvalue weighted by molar-refractivity contribution is 7.09. The first kappa shape index (κ1) is 30.5. The molecular formula is C30H36N4O5S. The first-order valence-electron chi connectivity index (χ1n) is 12.9. The van der Waals surface area contributed by atoms with Crippen LogP contribution in [0.15, 0.2) is 72.1 Å². The van der Waals surface area contributed by atoms with Gasteiger partial charge in [-0.2, -0.15) is 0 Å². The minimum absolute atomic E-state index is 0.218. The summed E-state index contributed by atoms with van der Waals surface area (Å²) in [7, 11) is 3.38. The van der Waals surface area contributed by atoms with Crippen molar-refractivity contribution in [2.45, 2.75) is 50.7 Å². The highest BCUT2D eigenvalue weighted by Crippen LogP contribution is 2.26. The number of hydrogen-bond donors (Lipinski definition) is 3. The van der Waals surface area contributed by atoms with Gasteiger partial charge in [0.25, 0.3) is 5.91 Å². The molecule has 0 saturated carbocycles. The molecule has 212 valence electrons. The van der Waals surface area contributed by atoms with Gasteiger partial charge in [0.2, 0.25) is 5.91 Å². The molecule has 0 fully saturated rings. The summed E-state index contributed by atoms with van der Waals surface area (Å²) < 4.78 is 0. The van der Waals surface area contributed by atoms with E-state index in [1.165, 1.54) is 16.2 Å². The Bertz CT molecular complexity index is 1390. The third-order valence-corrected chi connectivity index (χ3v) is 8.07. The molecule has 4 amide bonds. The molecule has 4 N–H and O–H groups in total. The molecule has 0 bridgehead atoms. The molecule has 40 heavy (non-hydrogen) atoms. The molecular weight excluding hydrogens is 528 g/mol. The summed E-state index contributed by atoms with van der Waals surface area (Å²) in [4.78, 5) is 54.0. The lowest BCUT2D eigenvalue weighted by atomic mass is 9.92. The van der Waals surface area contributed by atoms with E-state index in [1.807, 2.05) is 85.8 Å². The number of thiophene rings is 1. The lowest BCUT2D eigenvalue weighted by molar-refractivity contribution is -0.144. The van der Waals surface area contributed by atoms with E-state index in [-0.39, 0.29) is 12.3 Å². The summed E-state index contributed by atoms with van der Waals surface area (Å²) in [5.41, 5.74) is 5.56. The first-order valence-corrected chi connectivity index (χ1v) is 13.8. The number of amides is 4. The zero-order valence-corrected chi connectivity index (χ0v) is 24.0. The number of primary amides is 1. The van der Waals surface area contributed by atoms with Crippen LogP contribution >= 0.6 is 11.3 Å². The minimum Gasteiger partial charge on any atom is -0.478 e. The van der Waals surface area contributed by atoms with Crippen LogP contribution in [0.5, 0.6) is 0 Å². The lowest BCUT2D eigenvalue weighted by Crippen LogP contribution is -2.59. The van der Waals surface area contributed by atoms with Gasteiger partial charge in [-0.05, 0) is 61.5 Å². The van der Waals surface area contributed by atoms with E-state index in [9.17, 15) is 19.2 Å². The van der Waals surface area contributed by atoms with Gasteiger partial charge in [-0.3, -0.25) is 19.8 Å². The fourth-order valence-corrected chi connectivity index (χ4v) is 5.35. The largest absolute Gasteiger partial charge is 0.478 e. The average Bonchev–Trinajstić information content (AvgIpc) is 3.41. The van der Waals surface area contributed by atoms with E-state index in [1.54, 1.807) is 13.1 Å². The summed E-state index contributed by atoms with van der Waals surface area (Å²) >= 11 is 1.45. The predicted molar refractivity (Wildman–Crippen MR) is 157 cm³/mol. The first-order chi connectivity index (χ1) is 18.9. The van der Waals surface area contributed by atoms with Gasteiger partial charge in [-0.1, -0.05) is 54.6 Å². The van der Waals surface area contributed by atoms with Crippen molar-refractivity contribution in [1.29, 1.82) is 0 Å². The summed E-state index contributed by atoms with van der Waals surface area (Å²) in [6, 6.07) is 15.1. The molecule has 2 aromatic carbocycles. The molecule has 0 unspecified atom stereocenters. The van der Waals surface area contributed by atoms with Gasteiger partial charge in [0, 0.05) is 30.0 Å². The van der Waals surface area contributed by atoms with Gasteiger partial charge in [-0.15, -0.1) is 11.3 Å². The third-order valence-electron chi connectivity index (χ3n) is 7.17. The molecule has 3 rings (SSSR count). The van der Waals surface area contributed by atoms with E-state index < -0.39 is 35.5 Å². The molecule has 0 saturated heterocycles. The number of fused-ring (bicyclic) bond motifs is 1. The lowest BCUT2D eigenvalue weighted by Gasteiger charge is -2.42. The van der Waals surface area contributed by atoms with E-state index in [0.29, 0.717) is 12.8 Å². The summed E-state index contributed by atoms with van der Waals surface area (Å²) in [6.07, 6.45) is 3.60. The van der Waals surface area contributed by atoms with E-state index in [0.717, 1.165) is 27.3 Å². The molecule has 3 aromatic rings. The highest BCUT2D eigenvalue weighted by Gasteiger charge is 2.38. The van der Waals surface area contributed by atoms with Crippen LogP contribution < -0.4 is 11.1 Å². The van der Waals surface area contributed by atoms with Crippen LogP contribution in [0.1, 0.15) is 30.7 Å². The number of nitrogens with one attached hydrogen (secondary N) is 1. The molecule has 0 spiro atoms. The Morgan fingerprint density at radius 3 is 2.33 bits per heavy atom. The van der Waals surface area contributed by atoms with E-state index >= 15 is 0 Å². The van der Waals surface area contributed by atoms with Crippen LogP contribution in [-0.2, 0) is 27.2 Å². The van der Waals surface area contributed by atoms with Crippen LogP contribution in [0.2, 0.25) is 0 Å². The number of carboxylic acid groups (broad SMARTS) is 1. The number of urea groups is 1. The topological polar surface area (TPSA) is 133 Å². The average molecular weight is 565 g/mol. The Morgan fingerprint density at radius 2 is 1.70 bits per heavy atom. The maximum absolute atomic E-state index is 14.2. The second-order valence-corrected chi connectivity index (χ2v) is 11.4. The van der Waals surface area contributed by atoms with Crippen LogP contribution in [0.25, 0.3) is 10.8 Å². The quantitative estimate of drug-likeness (QED) is 0.287. The van der Waals surface area contributed by atoms with Crippen LogP contribution in [0, 0.1) is 0 Å². The normalized spacial score (nSPS) is 13.3. The van der Waals surface area contributed by atoms with Gasteiger partial charge in [0.15, 0.2) is 0 Å². The number of hydrogen-bond acceptors (Lipinski definition) is 6. The Morgan fingerprint density at radius 1 is 1.00 bits per heavy atom. The van der Waals surface area contributed by atoms with E-state index in [2.05, 4.69) is 5.32 Å². The number of nitrogens with two attached hydrogens (primary N) is 1. The van der Waals surface area contributed by atoms with Crippen LogP contribution in [-0.4, -0.2) is 70.4 Å². The maximum Gasteiger partial charge on any atom is 0.327 e. The Kier molecular flexibility index (Phi) is 10.2. The molecule has 0 aliphatic heterocycles. The minimum atomic E-state index is -1.04. The zero-order chi connectivity index (χ0) is 29.4. The number of imide groups is 1. The smallest absolute Gasteiger partial charge is 0.327 e. The van der Waals surface area contributed by atoms with Gasteiger partial charge >= 0.3 is 12.0 Å². The number of benzene rings is 2. The second-order valence-electron chi connectivity index (χ2n) is 10.4. The van der Waals surface area contributed by atoms with Crippen LogP contribution in [0.4, 0.5) is 4.79 Å². The van der Waals surface area contributed by atoms with Crippen molar-refractivity contribution in [2.24, 2.45) is 5.73 Å². The fourth-order valence-electron chi connectivity index (χ4n) is 4.61. The number of nitrogens with zero attached hydrogens (tertiary/aromatic N) is 2. The Balaban J connectivity index is 1.98. The van der Waals surface area contributed by atoms with Crippen molar-refractivity contribution in [1.82, 2.24) is 15.1 Å². The van der Waals surface area contributed by atoms with Crippen LogP contribution in [0.3, 0.4) is 0 Å². The van der Waals surface area contributed by atoms with Crippen molar-refractivity contribution < 1.29 is 24.3 Å². The predicted octanol–water partition coefficient (Wildman–Crippen LogP) is 3.82. The summed E-state index contributed by atoms with van der Waals surface area (Å²) in [6.45, 7) is 3.87. The van der Waals surface area contributed by atoms with Gasteiger partial charge in [-0.25, -0.2) is 9.59 Å². The summed E-state index contributed by atoms with van der Waals surface area (Å²) in [5, 5.41) is 15.2. The number of carbonyl (C=O) groups is 4. The molecule has 0 radical (unpaired) electrons. The number of rotatable bonds is 12. The van der Waals surface area contributed by atoms with E-state index in [4.69, 9.17) is 10.8 Å². The fraction of sp³-hybridized carbons (Fsp3) is 0.333. The maximum atomic E-state index is 14.2. The van der Waals surface area contributed by atoms with Crippen molar-refractivity contribution in [2.75, 3.05) is 14.1 Å². The second kappa shape index (κ2) is 13.4. The third kappa shape index (κ3) is 8.00. The number of carbonyl (C=O) groups excluding carboxylic acids is 3. The molecule has 1 heterocycles. The molecule has 2 atom stereocenters. The van der Waals surface area contributed by atoms with Crippen molar-refractivity contribution in [3.63, 3.8) is 0 Å². The number of likely N-dealkylation sites (N-methyl/N-ethyl adjacent to an activating group) is 2. The van der Waals surface area contributed by atoms with Crippen molar-refractivity contribution >= 4 is 45.9 Å². The molecule has 10 heteroatoms. The Labute approximate surface area is 238 Å². The van der Waals surface area contributed by atoms with Crippen molar-refractivity contribution in [3.8, 4) is 0 Å². The number of carboxylic acids is 1. The molecule has 1 aromatic heterocycles. The van der Waals surface area contributed by atoms with Gasteiger partial charge in [0.1, 0.15) is 6.04 Å². The highest BCUT2D eigenvalue weighted by atomic mass is 32.1. The SMILES string of the molecule is CN(C(=O)[C@@H](Cc1ccc2ccccc2c1)N(C)C(C)(C)CC=CC(=O)O)[C@H](Cc1cccs1)C(=O)NC(N)=O. The van der Waals surface area contributed by atoms with Gasteiger partial charge in [0.05, 0.1) is 6.04 Å². The van der Waals surface area contributed by atoms with Crippen molar-refractivity contribution in [3.05, 3.63) is 82.6 Å². The summed E-state index contributed by atoms with van der Waals surface area (Å²) in [5.74, 6) is -2.02. The number of aliphatic carboxylic acids is 1. The Hall–Kier alpha value is -4.02. The zero-order valence-electron chi connectivity index (χ0n) is 23.2. The standard InChI is InChI=1S/C30H36N4O5S/c1-30(2,15-7-12-26(35)36)34(4)25(18-20-13-14-21-9-5-6-10-22(21)17-20)28(38)33(3)24(27(37)32-29(31)39)19-23-11-8-16-40-23/h5-14,16-17,24-25H,15,18-19H2,1-4H3,(H,35,36)(H3,31,32,37,39)/t24-,25-/m1/s1.